The Morgan fingerprint density at radius 2 is 2.33 bits per heavy atom. The molecule has 116 valence electrons. The lowest BCUT2D eigenvalue weighted by Gasteiger charge is -2.33. The van der Waals surface area contributed by atoms with Crippen LogP contribution in [0.4, 0.5) is 4.79 Å². The van der Waals surface area contributed by atoms with E-state index in [9.17, 15) is 14.7 Å². The van der Waals surface area contributed by atoms with Crippen molar-refractivity contribution in [3.8, 4) is 0 Å². The number of carbonyl (C=O) groups excluding carboxylic acids is 2. The lowest BCUT2D eigenvalue weighted by atomic mass is 10.2. The number of amides is 3. The Balaban J connectivity index is 1.71. The van der Waals surface area contributed by atoms with E-state index in [0.717, 1.165) is 0 Å². The molecule has 0 aromatic carbocycles. The summed E-state index contributed by atoms with van der Waals surface area (Å²) < 4.78 is 10.3. The zero-order valence-electron chi connectivity index (χ0n) is 11.6. The molecule has 1 atom stereocenters. The number of urea groups is 1. The van der Waals surface area contributed by atoms with Gasteiger partial charge in [0.05, 0.1) is 45.2 Å². The normalized spacial score (nSPS) is 19.2. The molecule has 8 nitrogen and oxygen atoms in total. The standard InChI is InChI=1S/C13H19N3O5/c17-8-10-9-20-5-3-16(10)7-12(18)15-13(19)14-6-11-2-1-4-21-11/h1-2,4,10,17H,3,5-9H2,(H2,14,15,18,19). The maximum absolute atomic E-state index is 11.8. The van der Waals surface area contributed by atoms with E-state index in [4.69, 9.17) is 9.15 Å². The third kappa shape index (κ3) is 4.85. The van der Waals surface area contributed by atoms with Gasteiger partial charge in [-0.05, 0) is 12.1 Å². The van der Waals surface area contributed by atoms with Crippen molar-refractivity contribution in [3.05, 3.63) is 24.2 Å². The first-order valence-corrected chi connectivity index (χ1v) is 6.71. The van der Waals surface area contributed by atoms with Gasteiger partial charge >= 0.3 is 6.03 Å². The van der Waals surface area contributed by atoms with Gasteiger partial charge in [0.2, 0.25) is 5.91 Å². The predicted octanol–water partition coefficient (Wildman–Crippen LogP) is -0.701. The van der Waals surface area contributed by atoms with Gasteiger partial charge < -0.3 is 19.6 Å². The zero-order chi connectivity index (χ0) is 15.1. The van der Waals surface area contributed by atoms with E-state index >= 15 is 0 Å². The second-order valence-corrected chi connectivity index (χ2v) is 4.69. The van der Waals surface area contributed by atoms with Crippen LogP contribution in [-0.4, -0.2) is 60.9 Å². The molecule has 1 aliphatic rings. The van der Waals surface area contributed by atoms with Crippen molar-refractivity contribution >= 4 is 11.9 Å². The quantitative estimate of drug-likeness (QED) is 0.664. The second-order valence-electron chi connectivity index (χ2n) is 4.69. The van der Waals surface area contributed by atoms with Crippen LogP contribution in [0.2, 0.25) is 0 Å². The molecule has 1 aromatic heterocycles. The van der Waals surface area contributed by atoms with Crippen molar-refractivity contribution in [1.82, 2.24) is 15.5 Å². The molecule has 0 radical (unpaired) electrons. The lowest BCUT2D eigenvalue weighted by molar-refractivity contribution is -0.124. The van der Waals surface area contributed by atoms with Gasteiger partial charge in [-0.25, -0.2) is 4.79 Å². The number of hydrogen-bond acceptors (Lipinski definition) is 6. The number of furan rings is 1. The van der Waals surface area contributed by atoms with Crippen molar-refractivity contribution in [2.45, 2.75) is 12.6 Å². The lowest BCUT2D eigenvalue weighted by Crippen LogP contribution is -2.52. The molecule has 3 amide bonds. The molecular weight excluding hydrogens is 278 g/mol. The summed E-state index contributed by atoms with van der Waals surface area (Å²) >= 11 is 0. The first-order chi connectivity index (χ1) is 10.2. The summed E-state index contributed by atoms with van der Waals surface area (Å²) in [5, 5.41) is 14.0. The van der Waals surface area contributed by atoms with Crippen molar-refractivity contribution < 1.29 is 23.8 Å². The van der Waals surface area contributed by atoms with E-state index < -0.39 is 11.9 Å². The number of nitrogens with zero attached hydrogens (tertiary/aromatic N) is 1. The number of morpholine rings is 1. The molecule has 21 heavy (non-hydrogen) atoms. The first kappa shape index (κ1) is 15.5. The smallest absolute Gasteiger partial charge is 0.321 e. The van der Waals surface area contributed by atoms with Gasteiger partial charge in [0.25, 0.3) is 0 Å². The summed E-state index contributed by atoms with van der Waals surface area (Å²) in [5.74, 6) is 0.179. The molecule has 2 rings (SSSR count). The minimum atomic E-state index is -0.579. The zero-order valence-corrected chi connectivity index (χ0v) is 11.6. The summed E-state index contributed by atoms with van der Waals surface area (Å²) in [5.41, 5.74) is 0. The van der Waals surface area contributed by atoms with Gasteiger partial charge in [-0.15, -0.1) is 0 Å². The number of imide groups is 1. The monoisotopic (exact) mass is 297 g/mol. The maximum Gasteiger partial charge on any atom is 0.321 e. The highest BCUT2D eigenvalue weighted by Gasteiger charge is 2.24. The van der Waals surface area contributed by atoms with Crippen molar-refractivity contribution in [3.63, 3.8) is 0 Å². The molecule has 3 N–H and O–H groups in total. The Kier molecular flexibility index (Phi) is 5.73. The number of aliphatic hydroxyl groups is 1. The molecule has 0 aliphatic carbocycles. The van der Waals surface area contributed by atoms with Crippen LogP contribution in [0.25, 0.3) is 0 Å². The van der Waals surface area contributed by atoms with E-state index in [1.165, 1.54) is 6.26 Å². The number of rotatable bonds is 5. The third-order valence-corrected chi connectivity index (χ3v) is 3.16. The van der Waals surface area contributed by atoms with E-state index in [0.29, 0.717) is 25.5 Å². The largest absolute Gasteiger partial charge is 0.467 e. The maximum atomic E-state index is 11.8. The highest BCUT2D eigenvalue weighted by Crippen LogP contribution is 2.05. The van der Waals surface area contributed by atoms with Gasteiger partial charge in [0.1, 0.15) is 5.76 Å². The van der Waals surface area contributed by atoms with Gasteiger partial charge in [0, 0.05) is 6.54 Å². The van der Waals surface area contributed by atoms with Crippen LogP contribution in [0.5, 0.6) is 0 Å². The molecule has 0 spiro atoms. The number of ether oxygens (including phenoxy) is 1. The van der Waals surface area contributed by atoms with E-state index in [1.807, 2.05) is 0 Å². The average Bonchev–Trinajstić information content (AvgIpc) is 2.99. The predicted molar refractivity (Wildman–Crippen MR) is 72.4 cm³/mol. The van der Waals surface area contributed by atoms with Crippen LogP contribution in [0.1, 0.15) is 5.76 Å². The van der Waals surface area contributed by atoms with Crippen LogP contribution in [0.15, 0.2) is 22.8 Å². The number of hydrogen-bond donors (Lipinski definition) is 3. The van der Waals surface area contributed by atoms with Crippen LogP contribution >= 0.6 is 0 Å². The fourth-order valence-corrected chi connectivity index (χ4v) is 2.04. The van der Waals surface area contributed by atoms with Gasteiger partial charge in [-0.3, -0.25) is 15.0 Å². The molecule has 8 heteroatoms. The molecule has 1 fully saturated rings. The summed E-state index contributed by atoms with van der Waals surface area (Å²) in [4.78, 5) is 25.1. The van der Waals surface area contributed by atoms with Gasteiger partial charge in [-0.1, -0.05) is 0 Å². The van der Waals surface area contributed by atoms with Crippen LogP contribution in [-0.2, 0) is 16.1 Å². The second kappa shape index (κ2) is 7.77. The highest BCUT2D eigenvalue weighted by atomic mass is 16.5. The minimum Gasteiger partial charge on any atom is -0.467 e. The minimum absolute atomic E-state index is 0.0444. The molecule has 1 unspecified atom stereocenters. The van der Waals surface area contributed by atoms with Gasteiger partial charge in [0.15, 0.2) is 0 Å². The SMILES string of the molecule is O=C(CN1CCOCC1CO)NC(=O)NCc1ccco1. The third-order valence-electron chi connectivity index (χ3n) is 3.16. The average molecular weight is 297 g/mol. The number of carbonyl (C=O) groups is 2. The van der Waals surface area contributed by atoms with Crippen molar-refractivity contribution in [1.29, 1.82) is 0 Å². The summed E-state index contributed by atoms with van der Waals surface area (Å²) in [6, 6.07) is 2.65. The summed E-state index contributed by atoms with van der Waals surface area (Å²) in [6.07, 6.45) is 1.51. The van der Waals surface area contributed by atoms with Crippen LogP contribution < -0.4 is 10.6 Å². The Hall–Kier alpha value is -1.90. The molecule has 1 saturated heterocycles. The first-order valence-electron chi connectivity index (χ1n) is 6.71. The Labute approximate surface area is 122 Å². The summed E-state index contributed by atoms with van der Waals surface area (Å²) in [6.45, 7) is 1.61. The Morgan fingerprint density at radius 3 is 3.05 bits per heavy atom. The van der Waals surface area contributed by atoms with E-state index in [2.05, 4.69) is 10.6 Å². The molecule has 1 aliphatic heterocycles. The van der Waals surface area contributed by atoms with Crippen molar-refractivity contribution in [2.75, 3.05) is 32.9 Å². The molecular formula is C13H19N3O5. The molecule has 1 aromatic rings. The molecule has 0 saturated carbocycles. The van der Waals surface area contributed by atoms with Crippen LogP contribution in [0, 0.1) is 0 Å². The van der Waals surface area contributed by atoms with Crippen LogP contribution in [0.3, 0.4) is 0 Å². The topological polar surface area (TPSA) is 104 Å². The van der Waals surface area contributed by atoms with E-state index in [1.54, 1.807) is 17.0 Å². The number of aliphatic hydroxyl groups excluding tert-OH is 1. The van der Waals surface area contributed by atoms with E-state index in [-0.39, 0.29) is 25.7 Å². The fraction of sp³-hybridized carbons (Fsp3) is 0.538. The Bertz CT molecular complexity index is 462. The number of nitrogens with one attached hydrogen (secondary N) is 2. The van der Waals surface area contributed by atoms with Gasteiger partial charge in [-0.2, -0.15) is 0 Å². The Morgan fingerprint density at radius 1 is 1.48 bits per heavy atom. The highest BCUT2D eigenvalue weighted by molar-refractivity contribution is 5.95. The molecule has 2 heterocycles. The molecule has 0 bridgehead atoms. The fourth-order valence-electron chi connectivity index (χ4n) is 2.04. The summed E-state index contributed by atoms with van der Waals surface area (Å²) in [7, 11) is 0. The van der Waals surface area contributed by atoms with Crippen molar-refractivity contribution in [2.24, 2.45) is 0 Å².